The highest BCUT2D eigenvalue weighted by Crippen LogP contribution is 2.54. The number of hydrogen-bond donors (Lipinski definition) is 1. The lowest BCUT2D eigenvalue weighted by Crippen LogP contribution is -2.55. The Morgan fingerprint density at radius 1 is 1.03 bits per heavy atom. The van der Waals surface area contributed by atoms with Crippen molar-refractivity contribution in [2.24, 2.45) is 0 Å². The summed E-state index contributed by atoms with van der Waals surface area (Å²) in [4.78, 5) is 14.3. The SMILES string of the molecule is O=C(N1CC[C@H]2c3ccc(C(F)(C(F)(F)F)C(F)(F)F)cc3CC[C@H]21)C1(O)CCC1. The summed E-state index contributed by atoms with van der Waals surface area (Å²) in [6.07, 6.45) is -9.84. The topological polar surface area (TPSA) is 40.5 Å². The van der Waals surface area contributed by atoms with Crippen LogP contribution in [0.2, 0.25) is 0 Å². The second-order valence-electron chi connectivity index (χ2n) is 8.45. The van der Waals surface area contributed by atoms with Crippen molar-refractivity contribution < 1.29 is 40.6 Å². The normalized spacial score (nSPS) is 26.1. The van der Waals surface area contributed by atoms with E-state index in [0.717, 1.165) is 12.5 Å². The summed E-state index contributed by atoms with van der Waals surface area (Å²) < 4.78 is 92.8. The van der Waals surface area contributed by atoms with E-state index in [4.69, 9.17) is 0 Å². The molecule has 1 saturated carbocycles. The van der Waals surface area contributed by atoms with Crippen LogP contribution in [0, 0.1) is 0 Å². The quantitative estimate of drug-likeness (QED) is 0.689. The Morgan fingerprint density at radius 2 is 1.67 bits per heavy atom. The third kappa shape index (κ3) is 2.93. The van der Waals surface area contributed by atoms with Crippen LogP contribution in [-0.4, -0.2) is 46.5 Å². The molecule has 3 aliphatic rings. The molecule has 2 atom stereocenters. The maximum atomic E-state index is 14.4. The zero-order valence-electron chi connectivity index (χ0n) is 15.8. The van der Waals surface area contributed by atoms with Crippen LogP contribution < -0.4 is 0 Å². The van der Waals surface area contributed by atoms with Gasteiger partial charge in [0.15, 0.2) is 0 Å². The number of rotatable bonds is 2. The van der Waals surface area contributed by atoms with Crippen molar-refractivity contribution in [1.82, 2.24) is 4.90 Å². The molecule has 1 aliphatic heterocycles. The van der Waals surface area contributed by atoms with Gasteiger partial charge >= 0.3 is 18.0 Å². The van der Waals surface area contributed by atoms with Crippen LogP contribution in [0.5, 0.6) is 0 Å². The molecule has 10 heteroatoms. The summed E-state index contributed by atoms with van der Waals surface area (Å²) in [5.74, 6) is -0.626. The fourth-order valence-corrected chi connectivity index (χ4v) is 5.01. The molecule has 4 rings (SSSR count). The minimum absolute atomic E-state index is 0.123. The molecule has 1 N–H and O–H groups in total. The van der Waals surface area contributed by atoms with Gasteiger partial charge in [-0.15, -0.1) is 0 Å². The Bertz CT molecular complexity index is 846. The van der Waals surface area contributed by atoms with E-state index in [1.54, 1.807) is 4.90 Å². The van der Waals surface area contributed by atoms with E-state index in [0.29, 0.717) is 49.9 Å². The first kappa shape index (κ1) is 21.4. The van der Waals surface area contributed by atoms with Crippen LogP contribution in [0.3, 0.4) is 0 Å². The Kier molecular flexibility index (Phi) is 4.69. The number of carbonyl (C=O) groups is 1. The van der Waals surface area contributed by atoms with Crippen molar-refractivity contribution in [3.63, 3.8) is 0 Å². The van der Waals surface area contributed by atoms with E-state index >= 15 is 0 Å². The first-order valence-electron chi connectivity index (χ1n) is 9.79. The standard InChI is InChI=1S/C20H20F7NO2/c21-18(19(22,23)24,20(25,26)27)12-3-4-13-11(10-12)2-5-15-14(13)6-9-28(15)16(29)17(30)7-1-8-17/h3-4,10,14-15,30H,1-2,5-9H2/t14-,15+/m0/s1. The average Bonchev–Trinajstić information content (AvgIpc) is 3.06. The average molecular weight is 439 g/mol. The van der Waals surface area contributed by atoms with Crippen LogP contribution in [0.4, 0.5) is 30.7 Å². The number of alkyl halides is 7. The van der Waals surface area contributed by atoms with Crippen molar-refractivity contribution in [3.05, 3.63) is 34.9 Å². The fourth-order valence-electron chi connectivity index (χ4n) is 5.01. The number of aryl methyl sites for hydroxylation is 1. The Labute approximate surface area is 167 Å². The Hall–Kier alpha value is -1.84. The minimum atomic E-state index is -6.15. The molecular weight excluding hydrogens is 419 g/mol. The van der Waals surface area contributed by atoms with E-state index < -0.39 is 29.2 Å². The van der Waals surface area contributed by atoms with Gasteiger partial charge in [0.05, 0.1) is 0 Å². The molecule has 3 nitrogen and oxygen atoms in total. The van der Waals surface area contributed by atoms with Crippen molar-refractivity contribution in [2.45, 2.75) is 74.1 Å². The first-order valence-corrected chi connectivity index (χ1v) is 9.79. The molecule has 1 aromatic carbocycles. The lowest BCUT2D eigenvalue weighted by molar-refractivity contribution is -0.348. The van der Waals surface area contributed by atoms with Gasteiger partial charge in [0.25, 0.3) is 5.91 Å². The van der Waals surface area contributed by atoms with E-state index in [-0.39, 0.29) is 29.9 Å². The summed E-state index contributed by atoms with van der Waals surface area (Å²) >= 11 is 0. The van der Waals surface area contributed by atoms with Gasteiger partial charge in [0, 0.05) is 24.1 Å². The van der Waals surface area contributed by atoms with E-state index in [9.17, 15) is 40.6 Å². The second-order valence-corrected chi connectivity index (χ2v) is 8.45. The molecule has 2 fully saturated rings. The van der Waals surface area contributed by atoms with Gasteiger partial charge in [-0.2, -0.15) is 26.3 Å². The highest BCUT2D eigenvalue weighted by Gasteiger charge is 2.73. The van der Waals surface area contributed by atoms with Gasteiger partial charge in [0.1, 0.15) is 5.60 Å². The lowest BCUT2D eigenvalue weighted by Gasteiger charge is -2.41. The maximum absolute atomic E-state index is 14.4. The number of fused-ring (bicyclic) bond motifs is 3. The molecule has 1 aromatic rings. The van der Waals surface area contributed by atoms with Crippen LogP contribution >= 0.6 is 0 Å². The molecule has 0 bridgehead atoms. The molecule has 30 heavy (non-hydrogen) atoms. The number of nitrogens with zero attached hydrogens (tertiary/aromatic N) is 1. The number of hydrogen-bond acceptors (Lipinski definition) is 2. The number of halogens is 7. The first-order chi connectivity index (χ1) is 13.8. The summed E-state index contributed by atoms with van der Waals surface area (Å²) in [6, 6.07) is 2.06. The Balaban J connectivity index is 1.65. The smallest absolute Gasteiger partial charge is 0.380 e. The summed E-state index contributed by atoms with van der Waals surface area (Å²) in [6.45, 7) is 0.357. The van der Waals surface area contributed by atoms with Gasteiger partial charge in [0.2, 0.25) is 0 Å². The molecule has 0 unspecified atom stereocenters. The molecule has 1 saturated heterocycles. The number of likely N-dealkylation sites (tertiary alicyclic amines) is 1. The number of carbonyl (C=O) groups excluding carboxylic acids is 1. The highest BCUT2D eigenvalue weighted by atomic mass is 19.4. The van der Waals surface area contributed by atoms with Gasteiger partial charge in [-0.05, 0) is 49.7 Å². The van der Waals surface area contributed by atoms with Crippen LogP contribution in [-0.2, 0) is 16.9 Å². The molecular formula is C20H20F7NO2. The third-order valence-electron chi connectivity index (χ3n) is 6.82. The molecule has 2 aliphatic carbocycles. The molecule has 0 aromatic heterocycles. The van der Waals surface area contributed by atoms with Crippen LogP contribution in [0.1, 0.15) is 54.7 Å². The fraction of sp³-hybridized carbons (Fsp3) is 0.650. The van der Waals surface area contributed by atoms with Gasteiger partial charge in [-0.3, -0.25) is 4.79 Å². The predicted octanol–water partition coefficient (Wildman–Crippen LogP) is 4.52. The number of amides is 1. The third-order valence-corrected chi connectivity index (χ3v) is 6.82. The van der Waals surface area contributed by atoms with Gasteiger partial charge in [-0.1, -0.05) is 18.2 Å². The zero-order valence-corrected chi connectivity index (χ0v) is 15.8. The summed E-state index contributed by atoms with van der Waals surface area (Å²) in [7, 11) is 0. The molecule has 1 heterocycles. The van der Waals surface area contributed by atoms with Gasteiger partial charge < -0.3 is 10.0 Å². The summed E-state index contributed by atoms with van der Waals surface area (Å²) in [5, 5.41) is 10.4. The molecule has 0 radical (unpaired) electrons. The van der Waals surface area contributed by atoms with E-state index in [1.165, 1.54) is 0 Å². The lowest BCUT2D eigenvalue weighted by atomic mass is 9.76. The van der Waals surface area contributed by atoms with Crippen LogP contribution in [0.25, 0.3) is 0 Å². The van der Waals surface area contributed by atoms with E-state index in [2.05, 4.69) is 0 Å². The largest absolute Gasteiger partial charge is 0.435 e. The van der Waals surface area contributed by atoms with Crippen molar-refractivity contribution in [1.29, 1.82) is 0 Å². The molecule has 166 valence electrons. The monoisotopic (exact) mass is 439 g/mol. The highest BCUT2D eigenvalue weighted by molar-refractivity contribution is 5.86. The van der Waals surface area contributed by atoms with Crippen molar-refractivity contribution in [3.8, 4) is 0 Å². The number of benzene rings is 1. The predicted molar refractivity (Wildman–Crippen MR) is 91.3 cm³/mol. The van der Waals surface area contributed by atoms with Crippen LogP contribution in [0.15, 0.2) is 18.2 Å². The maximum Gasteiger partial charge on any atom is 0.435 e. The van der Waals surface area contributed by atoms with Crippen molar-refractivity contribution in [2.75, 3.05) is 6.54 Å². The van der Waals surface area contributed by atoms with Gasteiger partial charge in [-0.25, -0.2) is 4.39 Å². The minimum Gasteiger partial charge on any atom is -0.380 e. The molecule has 1 amide bonds. The Morgan fingerprint density at radius 3 is 2.20 bits per heavy atom. The molecule has 0 spiro atoms. The summed E-state index contributed by atoms with van der Waals surface area (Å²) in [5.41, 5.74) is -7.52. The second kappa shape index (κ2) is 6.58. The van der Waals surface area contributed by atoms with Crippen molar-refractivity contribution >= 4 is 5.91 Å². The van der Waals surface area contributed by atoms with E-state index in [1.807, 2.05) is 0 Å². The zero-order chi connectivity index (χ0) is 22.1. The number of aliphatic hydroxyl groups is 1.